The van der Waals surface area contributed by atoms with Crippen LogP contribution in [0.2, 0.25) is 5.02 Å². The summed E-state index contributed by atoms with van der Waals surface area (Å²) in [4.78, 5) is 11.8. The van der Waals surface area contributed by atoms with Crippen molar-refractivity contribution in [2.45, 2.75) is 25.0 Å². The lowest BCUT2D eigenvalue weighted by atomic mass is 9.75. The summed E-state index contributed by atoms with van der Waals surface area (Å²) in [5.41, 5.74) is 4.09. The second-order valence-corrected chi connectivity index (χ2v) is 8.41. The Morgan fingerprint density at radius 1 is 1.06 bits per heavy atom. The van der Waals surface area contributed by atoms with Gasteiger partial charge in [-0.05, 0) is 53.3 Å². The van der Waals surface area contributed by atoms with Crippen molar-refractivity contribution >= 4 is 23.3 Å². The van der Waals surface area contributed by atoms with Crippen molar-refractivity contribution in [1.82, 2.24) is 0 Å². The Labute approximate surface area is 186 Å². The first-order valence-electron chi connectivity index (χ1n) is 10.4. The molecular weight excluding hydrogens is 410 g/mol. The first-order chi connectivity index (χ1) is 15.1. The average molecular weight is 432 g/mol. The van der Waals surface area contributed by atoms with Gasteiger partial charge in [-0.1, -0.05) is 66.2 Å². The summed E-state index contributed by atoms with van der Waals surface area (Å²) in [5.74, 6) is 0.156. The largest absolute Gasteiger partial charge is 0.489 e. The number of halogens is 1. The van der Waals surface area contributed by atoms with Crippen molar-refractivity contribution < 1.29 is 14.6 Å². The highest BCUT2D eigenvalue weighted by molar-refractivity contribution is 6.33. The number of allylic oxidation sites excluding steroid dienone is 2. The number of carbonyl (C=O) groups is 1. The maximum Gasteiger partial charge on any atom is 0.336 e. The van der Waals surface area contributed by atoms with E-state index >= 15 is 0 Å². The number of benzene rings is 3. The molecule has 0 fully saturated rings. The number of ether oxygens (including phenoxy) is 1. The Kier molecular flexibility index (Phi) is 5.16. The number of carboxylic acid groups (broad SMARTS) is 1. The van der Waals surface area contributed by atoms with Gasteiger partial charge < -0.3 is 15.2 Å². The van der Waals surface area contributed by atoms with Crippen LogP contribution in [0.4, 0.5) is 5.69 Å². The molecule has 2 N–H and O–H groups in total. The molecule has 0 spiro atoms. The summed E-state index contributed by atoms with van der Waals surface area (Å²) in [6.45, 7) is 0.525. The Bertz CT molecular complexity index is 1140. The van der Waals surface area contributed by atoms with Gasteiger partial charge in [-0.3, -0.25) is 0 Å². The fourth-order valence-corrected chi connectivity index (χ4v) is 4.92. The Morgan fingerprint density at radius 3 is 2.58 bits per heavy atom. The first kappa shape index (κ1) is 19.7. The van der Waals surface area contributed by atoms with Crippen molar-refractivity contribution in [2.75, 3.05) is 5.32 Å². The molecule has 1 aliphatic carbocycles. The highest BCUT2D eigenvalue weighted by Crippen LogP contribution is 2.52. The fraction of sp³-hybridized carbons (Fsp3) is 0.192. The smallest absolute Gasteiger partial charge is 0.336 e. The van der Waals surface area contributed by atoms with Gasteiger partial charge in [0.25, 0.3) is 0 Å². The van der Waals surface area contributed by atoms with E-state index in [4.69, 9.17) is 16.3 Å². The predicted molar refractivity (Wildman–Crippen MR) is 122 cm³/mol. The van der Waals surface area contributed by atoms with E-state index in [1.54, 1.807) is 12.1 Å². The minimum Gasteiger partial charge on any atom is -0.489 e. The third kappa shape index (κ3) is 3.68. The van der Waals surface area contributed by atoms with Crippen molar-refractivity contribution in [3.63, 3.8) is 0 Å². The van der Waals surface area contributed by atoms with E-state index in [1.807, 2.05) is 42.5 Å². The molecule has 0 bridgehead atoms. The van der Waals surface area contributed by atoms with E-state index < -0.39 is 5.97 Å². The molecule has 4 nitrogen and oxygen atoms in total. The van der Waals surface area contributed by atoms with Gasteiger partial charge >= 0.3 is 5.97 Å². The van der Waals surface area contributed by atoms with Crippen molar-refractivity contribution in [2.24, 2.45) is 5.92 Å². The molecule has 3 aromatic rings. The van der Waals surface area contributed by atoms with Crippen LogP contribution >= 0.6 is 11.6 Å². The van der Waals surface area contributed by atoms with E-state index in [0.717, 1.165) is 34.5 Å². The average Bonchev–Trinajstić information content (AvgIpc) is 3.29. The molecule has 0 radical (unpaired) electrons. The molecule has 0 aromatic heterocycles. The predicted octanol–water partition coefficient (Wildman–Crippen LogP) is 6.44. The molecule has 3 aromatic carbocycles. The van der Waals surface area contributed by atoms with Crippen LogP contribution in [0, 0.1) is 5.92 Å². The molecule has 3 unspecified atom stereocenters. The number of anilines is 1. The zero-order valence-corrected chi connectivity index (χ0v) is 17.5. The molecule has 3 atom stereocenters. The number of hydrogen-bond donors (Lipinski definition) is 2. The number of hydrogen-bond acceptors (Lipinski definition) is 3. The van der Waals surface area contributed by atoms with Gasteiger partial charge in [-0.15, -0.1) is 0 Å². The van der Waals surface area contributed by atoms with Gasteiger partial charge in [-0.2, -0.15) is 0 Å². The first-order valence-corrected chi connectivity index (χ1v) is 10.7. The third-order valence-electron chi connectivity index (χ3n) is 6.19. The zero-order valence-electron chi connectivity index (χ0n) is 16.8. The SMILES string of the molecule is O=C(O)c1ccc(Cl)c2c1C1C=CCC1C(c1ccc(OCc3ccccc3)cc1)N2. The molecule has 0 amide bonds. The van der Waals surface area contributed by atoms with E-state index in [-0.39, 0.29) is 17.9 Å². The van der Waals surface area contributed by atoms with Crippen LogP contribution in [0.1, 0.15) is 45.4 Å². The Balaban J connectivity index is 1.41. The van der Waals surface area contributed by atoms with Crippen LogP contribution in [-0.4, -0.2) is 11.1 Å². The van der Waals surface area contributed by atoms with Crippen LogP contribution in [0.15, 0.2) is 78.9 Å². The van der Waals surface area contributed by atoms with Crippen LogP contribution in [0.3, 0.4) is 0 Å². The zero-order chi connectivity index (χ0) is 21.4. The molecule has 0 saturated carbocycles. The lowest BCUT2D eigenvalue weighted by Gasteiger charge is -2.38. The van der Waals surface area contributed by atoms with E-state index in [2.05, 4.69) is 29.6 Å². The quantitative estimate of drug-likeness (QED) is 0.456. The van der Waals surface area contributed by atoms with Gasteiger partial charge in [0.2, 0.25) is 0 Å². The molecule has 1 heterocycles. The van der Waals surface area contributed by atoms with Gasteiger partial charge in [0.05, 0.1) is 22.3 Å². The van der Waals surface area contributed by atoms with Gasteiger partial charge in [0.15, 0.2) is 0 Å². The highest BCUT2D eigenvalue weighted by Gasteiger charge is 2.40. The summed E-state index contributed by atoms with van der Waals surface area (Å²) in [6, 6.07) is 21.5. The normalized spacial score (nSPS) is 21.1. The molecule has 0 saturated heterocycles. The second kappa shape index (κ2) is 8.12. The Hall–Kier alpha value is -3.24. The van der Waals surface area contributed by atoms with E-state index in [9.17, 15) is 9.90 Å². The van der Waals surface area contributed by atoms with Gasteiger partial charge in [-0.25, -0.2) is 4.79 Å². The Morgan fingerprint density at radius 2 is 1.84 bits per heavy atom. The van der Waals surface area contributed by atoms with E-state index in [1.165, 1.54) is 0 Å². The number of aromatic carboxylic acids is 1. The summed E-state index contributed by atoms with van der Waals surface area (Å²) in [5, 5.41) is 13.8. The summed E-state index contributed by atoms with van der Waals surface area (Å²) in [6.07, 6.45) is 5.15. The highest BCUT2D eigenvalue weighted by atomic mass is 35.5. The van der Waals surface area contributed by atoms with Crippen molar-refractivity contribution in [3.8, 4) is 5.75 Å². The lowest BCUT2D eigenvalue weighted by molar-refractivity contribution is 0.0695. The molecular formula is C26H22ClNO3. The number of carboxylic acids is 1. The van der Waals surface area contributed by atoms with Gasteiger partial charge in [0.1, 0.15) is 12.4 Å². The molecule has 31 heavy (non-hydrogen) atoms. The number of rotatable bonds is 5. The maximum absolute atomic E-state index is 11.8. The van der Waals surface area contributed by atoms with Crippen LogP contribution < -0.4 is 10.1 Å². The number of fused-ring (bicyclic) bond motifs is 3. The van der Waals surface area contributed by atoms with Gasteiger partial charge in [0, 0.05) is 5.92 Å². The van der Waals surface area contributed by atoms with Crippen molar-refractivity contribution in [1.29, 1.82) is 0 Å². The monoisotopic (exact) mass is 431 g/mol. The van der Waals surface area contributed by atoms with E-state index in [0.29, 0.717) is 17.2 Å². The summed E-state index contributed by atoms with van der Waals surface area (Å²) >= 11 is 6.49. The minimum absolute atomic E-state index is 0.0278. The molecule has 156 valence electrons. The second-order valence-electron chi connectivity index (χ2n) is 8.01. The topological polar surface area (TPSA) is 58.6 Å². The van der Waals surface area contributed by atoms with Crippen LogP contribution in [-0.2, 0) is 6.61 Å². The molecule has 5 heteroatoms. The summed E-state index contributed by atoms with van der Waals surface area (Å²) in [7, 11) is 0. The maximum atomic E-state index is 11.8. The molecule has 1 aliphatic heterocycles. The molecule has 2 aliphatic rings. The van der Waals surface area contributed by atoms with Crippen LogP contribution in [0.25, 0.3) is 0 Å². The minimum atomic E-state index is -0.924. The number of nitrogens with one attached hydrogen (secondary N) is 1. The fourth-order valence-electron chi connectivity index (χ4n) is 4.70. The summed E-state index contributed by atoms with van der Waals surface area (Å²) < 4.78 is 5.92. The third-order valence-corrected chi connectivity index (χ3v) is 6.50. The van der Waals surface area contributed by atoms with Crippen LogP contribution in [0.5, 0.6) is 5.75 Å². The lowest BCUT2D eigenvalue weighted by Crippen LogP contribution is -2.30. The molecule has 5 rings (SSSR count). The standard InChI is InChI=1S/C26H22ClNO3/c27-22-14-13-21(26(29)30)23-19-7-4-8-20(19)24(28-25(22)23)17-9-11-18(12-10-17)31-15-16-5-2-1-3-6-16/h1-7,9-14,19-20,24,28H,8,15H2,(H,29,30). The van der Waals surface area contributed by atoms with Crippen molar-refractivity contribution in [3.05, 3.63) is 106 Å².